The van der Waals surface area contributed by atoms with E-state index in [1.54, 1.807) is 30.3 Å². The topological polar surface area (TPSA) is 33.7 Å². The number of ether oxygens (including phenoxy) is 2. The lowest BCUT2D eigenvalue weighted by Crippen LogP contribution is -2.58. The van der Waals surface area contributed by atoms with Crippen LogP contribution in [0.3, 0.4) is 0 Å². The van der Waals surface area contributed by atoms with Gasteiger partial charge in [0.25, 0.3) is 0 Å². The molecule has 4 nitrogen and oxygen atoms in total. The summed E-state index contributed by atoms with van der Waals surface area (Å²) in [7, 11) is 0. The minimum absolute atomic E-state index is 0.0832. The smallest absolute Gasteiger partial charge is 0.376 e. The van der Waals surface area contributed by atoms with Crippen LogP contribution < -0.4 is 5.32 Å². The molecule has 1 N–H and O–H groups in total. The summed E-state index contributed by atoms with van der Waals surface area (Å²) in [5.74, 6) is 0. The van der Waals surface area contributed by atoms with Gasteiger partial charge in [-0.25, -0.2) is 0 Å². The third kappa shape index (κ3) is 5.54. The Bertz CT molecular complexity index is 930. The van der Waals surface area contributed by atoms with Crippen molar-refractivity contribution in [2.45, 2.75) is 37.3 Å². The van der Waals surface area contributed by atoms with E-state index in [2.05, 4.69) is 5.32 Å². The number of thiocarbonyl (C=S) groups is 1. The number of nitrogens with one attached hydrogen (secondary N) is 1. The van der Waals surface area contributed by atoms with Crippen molar-refractivity contribution in [3.63, 3.8) is 0 Å². The number of rotatable bonds is 6. The van der Waals surface area contributed by atoms with Gasteiger partial charge in [0.2, 0.25) is 0 Å². The molecule has 0 bridgehead atoms. The molecule has 0 radical (unpaired) electrons. The molecule has 9 heteroatoms. The normalized spacial score (nSPS) is 20.1. The molecule has 2 unspecified atom stereocenters. The van der Waals surface area contributed by atoms with Crippen LogP contribution in [0, 0.1) is 0 Å². The molecule has 2 aliphatic heterocycles. The molecule has 2 aliphatic rings. The second kappa shape index (κ2) is 9.95. The zero-order valence-electron chi connectivity index (χ0n) is 17.3. The number of likely N-dealkylation sites (tertiary alicyclic amines) is 1. The van der Waals surface area contributed by atoms with Gasteiger partial charge in [-0.3, -0.25) is 0 Å². The molecule has 0 aliphatic carbocycles. The van der Waals surface area contributed by atoms with E-state index in [-0.39, 0.29) is 17.8 Å². The Kier molecular flexibility index (Phi) is 7.24. The Morgan fingerprint density at radius 2 is 1.91 bits per heavy atom. The molecule has 32 heavy (non-hydrogen) atoms. The fourth-order valence-electron chi connectivity index (χ4n) is 3.95. The van der Waals surface area contributed by atoms with E-state index < -0.39 is 17.8 Å². The van der Waals surface area contributed by atoms with Crippen LogP contribution in [0.2, 0.25) is 5.02 Å². The molecule has 2 fully saturated rings. The van der Waals surface area contributed by atoms with Crippen molar-refractivity contribution in [1.29, 1.82) is 0 Å². The lowest BCUT2D eigenvalue weighted by atomic mass is 9.95. The van der Waals surface area contributed by atoms with Crippen molar-refractivity contribution < 1.29 is 22.6 Å². The quantitative estimate of drug-likeness (QED) is 0.570. The van der Waals surface area contributed by atoms with Crippen LogP contribution in [-0.2, 0) is 15.7 Å². The van der Waals surface area contributed by atoms with Crippen molar-refractivity contribution in [2.75, 3.05) is 26.2 Å². The first-order valence-corrected chi connectivity index (χ1v) is 11.3. The standard InChI is InChI=1S/C23H24ClF3N2O2S/c24-16-9-7-15(8-10-16)21(19-5-1-2-6-20(19)23(25,26)27)31-18-13-29(14-18)22(32)28-12-17-4-3-11-30-17/h1-2,5-10,17-18,21H,3-4,11-14H2,(H,28,32). The fourth-order valence-corrected chi connectivity index (χ4v) is 4.31. The van der Waals surface area contributed by atoms with Gasteiger partial charge in [-0.1, -0.05) is 41.9 Å². The molecular weight excluding hydrogens is 461 g/mol. The maximum absolute atomic E-state index is 13.7. The zero-order valence-corrected chi connectivity index (χ0v) is 18.8. The first-order valence-electron chi connectivity index (χ1n) is 10.5. The second-order valence-electron chi connectivity index (χ2n) is 8.00. The molecule has 2 aromatic carbocycles. The Balaban J connectivity index is 1.45. The molecule has 0 aromatic heterocycles. The highest BCUT2D eigenvalue weighted by atomic mass is 35.5. The molecule has 2 atom stereocenters. The highest BCUT2D eigenvalue weighted by Gasteiger charge is 2.38. The van der Waals surface area contributed by atoms with Crippen molar-refractivity contribution in [2.24, 2.45) is 0 Å². The van der Waals surface area contributed by atoms with Gasteiger partial charge in [0.1, 0.15) is 6.10 Å². The maximum atomic E-state index is 13.7. The minimum Gasteiger partial charge on any atom is -0.376 e. The first kappa shape index (κ1) is 23.3. The first-order chi connectivity index (χ1) is 15.3. The summed E-state index contributed by atoms with van der Waals surface area (Å²) in [6.07, 6.45) is -3.35. The van der Waals surface area contributed by atoms with Gasteiger partial charge in [0.15, 0.2) is 5.11 Å². The van der Waals surface area contributed by atoms with Crippen molar-refractivity contribution >= 4 is 28.9 Å². The van der Waals surface area contributed by atoms with E-state index in [1.807, 2.05) is 4.90 Å². The zero-order chi connectivity index (χ0) is 22.7. The molecule has 172 valence electrons. The van der Waals surface area contributed by atoms with E-state index >= 15 is 0 Å². The summed E-state index contributed by atoms with van der Waals surface area (Å²) in [5.41, 5.74) is -0.00614. The largest absolute Gasteiger partial charge is 0.416 e. The Morgan fingerprint density at radius 1 is 1.19 bits per heavy atom. The van der Waals surface area contributed by atoms with Gasteiger partial charge in [-0.2, -0.15) is 13.2 Å². The average molecular weight is 485 g/mol. The third-order valence-electron chi connectivity index (χ3n) is 5.69. The predicted octanol–water partition coefficient (Wildman–Crippen LogP) is 5.20. The van der Waals surface area contributed by atoms with Crippen LogP contribution in [0.15, 0.2) is 48.5 Å². The van der Waals surface area contributed by atoms with Gasteiger partial charge in [0, 0.05) is 31.3 Å². The Labute approximate surface area is 195 Å². The lowest BCUT2D eigenvalue weighted by molar-refractivity contribution is -0.140. The van der Waals surface area contributed by atoms with E-state index in [0.717, 1.165) is 25.5 Å². The molecule has 0 amide bonds. The molecule has 4 rings (SSSR count). The fraction of sp³-hybridized carbons (Fsp3) is 0.435. The third-order valence-corrected chi connectivity index (χ3v) is 6.34. The van der Waals surface area contributed by atoms with Gasteiger partial charge in [-0.15, -0.1) is 0 Å². The van der Waals surface area contributed by atoms with Gasteiger partial charge >= 0.3 is 6.18 Å². The summed E-state index contributed by atoms with van der Waals surface area (Å²) in [6.45, 7) is 2.46. The van der Waals surface area contributed by atoms with Crippen molar-refractivity contribution in [1.82, 2.24) is 10.2 Å². The number of alkyl halides is 3. The van der Waals surface area contributed by atoms with E-state index in [1.165, 1.54) is 12.1 Å². The molecule has 0 spiro atoms. The highest BCUT2D eigenvalue weighted by Crippen LogP contribution is 2.39. The molecule has 2 saturated heterocycles. The number of halogens is 4. The van der Waals surface area contributed by atoms with Gasteiger partial charge in [0.05, 0.1) is 17.8 Å². The average Bonchev–Trinajstić information content (AvgIpc) is 3.25. The summed E-state index contributed by atoms with van der Waals surface area (Å²) in [4.78, 5) is 1.95. The second-order valence-corrected chi connectivity index (χ2v) is 8.82. The molecule has 2 heterocycles. The molecule has 0 saturated carbocycles. The van der Waals surface area contributed by atoms with Crippen LogP contribution in [0.5, 0.6) is 0 Å². The number of benzene rings is 2. The van der Waals surface area contributed by atoms with Gasteiger partial charge in [-0.05, 0) is 54.4 Å². The maximum Gasteiger partial charge on any atom is 0.416 e. The number of hydrogen-bond donors (Lipinski definition) is 1. The van der Waals surface area contributed by atoms with E-state index in [0.29, 0.717) is 35.3 Å². The molecule has 2 aromatic rings. The van der Waals surface area contributed by atoms with E-state index in [9.17, 15) is 13.2 Å². The van der Waals surface area contributed by atoms with Crippen LogP contribution in [0.1, 0.15) is 35.6 Å². The summed E-state index contributed by atoms with van der Waals surface area (Å²) in [6, 6.07) is 12.2. The number of hydrogen-bond acceptors (Lipinski definition) is 3. The van der Waals surface area contributed by atoms with Crippen LogP contribution >= 0.6 is 23.8 Å². The van der Waals surface area contributed by atoms with Gasteiger partial charge < -0.3 is 19.7 Å². The Morgan fingerprint density at radius 3 is 2.56 bits per heavy atom. The SMILES string of the molecule is FC(F)(F)c1ccccc1C(OC1CN(C(=S)NCC2CCCO2)C1)c1ccc(Cl)cc1. The minimum atomic E-state index is -4.48. The Hall–Kier alpha value is -1.87. The van der Waals surface area contributed by atoms with Crippen LogP contribution in [0.25, 0.3) is 0 Å². The van der Waals surface area contributed by atoms with Crippen molar-refractivity contribution in [3.05, 3.63) is 70.2 Å². The predicted molar refractivity (Wildman–Crippen MR) is 121 cm³/mol. The summed E-state index contributed by atoms with van der Waals surface area (Å²) in [5, 5.41) is 4.33. The van der Waals surface area contributed by atoms with E-state index in [4.69, 9.17) is 33.3 Å². The summed E-state index contributed by atoms with van der Waals surface area (Å²) < 4.78 is 52.8. The number of nitrogens with zero attached hydrogens (tertiary/aromatic N) is 1. The lowest BCUT2D eigenvalue weighted by Gasteiger charge is -2.42. The van der Waals surface area contributed by atoms with Crippen LogP contribution in [0.4, 0.5) is 13.2 Å². The van der Waals surface area contributed by atoms with Crippen molar-refractivity contribution in [3.8, 4) is 0 Å². The highest BCUT2D eigenvalue weighted by molar-refractivity contribution is 7.80. The molecular formula is C23H24ClF3N2O2S. The van der Waals surface area contributed by atoms with Crippen LogP contribution in [-0.4, -0.2) is 48.5 Å². The summed E-state index contributed by atoms with van der Waals surface area (Å²) >= 11 is 11.4. The monoisotopic (exact) mass is 484 g/mol.